The Bertz CT molecular complexity index is 958. The van der Waals surface area contributed by atoms with Gasteiger partial charge >= 0.3 is 0 Å². The quantitative estimate of drug-likeness (QED) is 0.649. The predicted octanol–water partition coefficient (Wildman–Crippen LogP) is 4.32. The van der Waals surface area contributed by atoms with Crippen molar-refractivity contribution < 1.29 is 18.7 Å². The van der Waals surface area contributed by atoms with Crippen LogP contribution in [-0.2, 0) is 11.2 Å². The first-order valence-electron chi connectivity index (χ1n) is 11.5. The predicted molar refractivity (Wildman–Crippen MR) is 123 cm³/mol. The summed E-state index contributed by atoms with van der Waals surface area (Å²) < 4.78 is 10.8. The topological polar surface area (TPSA) is 63.0 Å². The summed E-state index contributed by atoms with van der Waals surface area (Å²) in [6.45, 7) is 1.47. The lowest BCUT2D eigenvalue weighted by Crippen LogP contribution is -2.48. The fraction of sp³-hybridized carbons (Fsp3) is 0.462. The Kier molecular flexibility index (Phi) is 6.98. The van der Waals surface area contributed by atoms with Crippen LogP contribution in [0.3, 0.4) is 0 Å². The summed E-state index contributed by atoms with van der Waals surface area (Å²) in [5, 5.41) is 0. The van der Waals surface area contributed by atoms with Gasteiger partial charge in [-0.15, -0.1) is 0 Å². The van der Waals surface area contributed by atoms with E-state index in [1.54, 1.807) is 19.2 Å². The molecular formula is C26H32N2O4. The molecule has 0 unspecified atom stereocenters. The summed E-state index contributed by atoms with van der Waals surface area (Å²) in [6, 6.07) is 11.5. The number of likely N-dealkylation sites (N-methyl/N-ethyl adjacent to an activating group) is 1. The average molecular weight is 437 g/mol. The summed E-state index contributed by atoms with van der Waals surface area (Å²) >= 11 is 0. The number of piperidine rings is 1. The first kappa shape index (κ1) is 22.2. The monoisotopic (exact) mass is 436 g/mol. The molecule has 1 aliphatic heterocycles. The van der Waals surface area contributed by atoms with Gasteiger partial charge in [0.05, 0.1) is 13.4 Å². The molecule has 2 aromatic rings. The van der Waals surface area contributed by atoms with Gasteiger partial charge in [0.15, 0.2) is 5.76 Å². The minimum atomic E-state index is -0.113. The molecule has 2 aliphatic rings. The Balaban J connectivity index is 1.49. The third-order valence-corrected chi connectivity index (χ3v) is 6.82. The maximum absolute atomic E-state index is 13.1. The fourth-order valence-electron chi connectivity index (χ4n) is 4.94. The molecule has 1 aliphatic carbocycles. The number of amides is 2. The molecule has 0 N–H and O–H groups in total. The van der Waals surface area contributed by atoms with Crippen molar-refractivity contribution in [3.05, 3.63) is 65.6 Å². The number of benzene rings is 1. The van der Waals surface area contributed by atoms with Crippen LogP contribution >= 0.6 is 0 Å². The van der Waals surface area contributed by atoms with Gasteiger partial charge in [-0.3, -0.25) is 9.59 Å². The third kappa shape index (κ3) is 4.90. The second kappa shape index (κ2) is 10.1. The fourth-order valence-corrected chi connectivity index (χ4v) is 4.94. The maximum Gasteiger partial charge on any atom is 0.289 e. The molecule has 1 aromatic carbocycles. The van der Waals surface area contributed by atoms with Crippen molar-refractivity contribution in [2.45, 2.75) is 44.6 Å². The number of carbonyl (C=O) groups is 2. The molecule has 1 saturated heterocycles. The summed E-state index contributed by atoms with van der Waals surface area (Å²) in [5.74, 6) is 1.55. The zero-order chi connectivity index (χ0) is 22.5. The largest absolute Gasteiger partial charge is 0.497 e. The van der Waals surface area contributed by atoms with Gasteiger partial charge < -0.3 is 19.0 Å². The molecule has 2 amide bonds. The molecule has 0 radical (unpaired) electrons. The van der Waals surface area contributed by atoms with E-state index in [0.29, 0.717) is 11.7 Å². The number of rotatable bonds is 7. The normalized spacial score (nSPS) is 17.7. The molecule has 6 heteroatoms. The van der Waals surface area contributed by atoms with Crippen LogP contribution in [0, 0.1) is 5.92 Å². The molecule has 32 heavy (non-hydrogen) atoms. The van der Waals surface area contributed by atoms with Crippen molar-refractivity contribution in [2.24, 2.45) is 5.92 Å². The van der Waals surface area contributed by atoms with Gasteiger partial charge in [-0.1, -0.05) is 18.2 Å². The van der Waals surface area contributed by atoms with Crippen LogP contribution < -0.4 is 4.74 Å². The van der Waals surface area contributed by atoms with E-state index in [2.05, 4.69) is 12.1 Å². The molecular weight excluding hydrogens is 404 g/mol. The Morgan fingerprint density at radius 3 is 2.69 bits per heavy atom. The van der Waals surface area contributed by atoms with Crippen molar-refractivity contribution in [2.75, 3.05) is 27.2 Å². The number of allylic oxidation sites excluding steroid dienone is 1. The smallest absolute Gasteiger partial charge is 0.289 e. The lowest BCUT2D eigenvalue weighted by Gasteiger charge is -2.40. The van der Waals surface area contributed by atoms with Crippen molar-refractivity contribution >= 4 is 11.8 Å². The lowest BCUT2D eigenvalue weighted by atomic mass is 9.84. The molecule has 2 heterocycles. The summed E-state index contributed by atoms with van der Waals surface area (Å²) in [5.41, 5.74) is 2.10. The molecule has 170 valence electrons. The number of methoxy groups -OCH3 is 1. The Morgan fingerprint density at radius 1 is 1.22 bits per heavy atom. The van der Waals surface area contributed by atoms with E-state index in [0.717, 1.165) is 68.5 Å². The van der Waals surface area contributed by atoms with Gasteiger partial charge in [0.25, 0.3) is 5.91 Å². The van der Waals surface area contributed by atoms with Crippen LogP contribution in [0.1, 0.15) is 48.2 Å². The highest BCUT2D eigenvalue weighted by Gasteiger charge is 2.34. The molecule has 1 aromatic heterocycles. The number of hydrogen-bond donors (Lipinski definition) is 0. The molecule has 4 rings (SSSR count). The van der Waals surface area contributed by atoms with Crippen LogP contribution in [0.15, 0.2) is 58.7 Å². The summed E-state index contributed by atoms with van der Waals surface area (Å²) in [4.78, 5) is 29.7. The van der Waals surface area contributed by atoms with Crippen molar-refractivity contribution in [3.8, 4) is 5.75 Å². The third-order valence-electron chi connectivity index (χ3n) is 6.82. The van der Waals surface area contributed by atoms with Crippen LogP contribution in [0.25, 0.3) is 0 Å². The lowest BCUT2D eigenvalue weighted by molar-refractivity contribution is -0.128. The number of carbonyl (C=O) groups excluding carboxylic acids is 2. The van der Waals surface area contributed by atoms with Gasteiger partial charge in [-0.2, -0.15) is 0 Å². The number of ether oxygens (including phenoxy) is 1. The molecule has 0 saturated carbocycles. The van der Waals surface area contributed by atoms with E-state index in [9.17, 15) is 9.59 Å². The summed E-state index contributed by atoms with van der Waals surface area (Å²) in [7, 11) is 3.52. The zero-order valence-corrected chi connectivity index (χ0v) is 19.0. The molecule has 6 nitrogen and oxygen atoms in total. The van der Waals surface area contributed by atoms with Crippen molar-refractivity contribution in [1.29, 1.82) is 0 Å². The van der Waals surface area contributed by atoms with E-state index < -0.39 is 0 Å². The Hall–Kier alpha value is -3.02. The molecule has 1 atom stereocenters. The molecule has 0 spiro atoms. The number of likely N-dealkylation sites (tertiary alicyclic amines) is 1. The van der Waals surface area contributed by atoms with Gasteiger partial charge in [-0.05, 0) is 74.3 Å². The van der Waals surface area contributed by atoms with Crippen molar-refractivity contribution in [1.82, 2.24) is 9.80 Å². The van der Waals surface area contributed by atoms with Gasteiger partial charge in [-0.25, -0.2) is 0 Å². The van der Waals surface area contributed by atoms with E-state index in [1.807, 2.05) is 35.0 Å². The minimum absolute atomic E-state index is 0.00246. The highest BCUT2D eigenvalue weighted by atomic mass is 16.5. The number of nitrogens with zero attached hydrogens (tertiary/aromatic N) is 2. The summed E-state index contributed by atoms with van der Waals surface area (Å²) in [6.07, 6.45) is 9.10. The van der Waals surface area contributed by atoms with Crippen LogP contribution in [0.4, 0.5) is 0 Å². The van der Waals surface area contributed by atoms with E-state index in [1.165, 1.54) is 6.26 Å². The Morgan fingerprint density at radius 2 is 2.03 bits per heavy atom. The highest BCUT2D eigenvalue weighted by Crippen LogP contribution is 2.30. The first-order valence-corrected chi connectivity index (χ1v) is 11.5. The minimum Gasteiger partial charge on any atom is -0.497 e. The average Bonchev–Trinajstić information content (AvgIpc) is 3.56. The van der Waals surface area contributed by atoms with Crippen molar-refractivity contribution in [3.63, 3.8) is 0 Å². The van der Waals surface area contributed by atoms with E-state index >= 15 is 0 Å². The maximum atomic E-state index is 13.1. The van der Waals surface area contributed by atoms with Gasteiger partial charge in [0.2, 0.25) is 5.91 Å². The standard InChI is InChI=1S/C26H32N2O4/c1-27(26(30)24-11-6-16-32-24)23(18-19-7-5-10-22(17-19)31-2)20-12-14-28(15-13-20)25(29)21-8-3-4-9-21/h5-8,10-11,16-17,20,23H,3-4,9,12-15,18H2,1-2H3/t23-/m0/s1. The second-order valence-electron chi connectivity index (χ2n) is 8.77. The molecule has 0 bridgehead atoms. The van der Waals surface area contributed by atoms with Crippen LogP contribution in [0.5, 0.6) is 5.75 Å². The number of hydrogen-bond acceptors (Lipinski definition) is 4. The second-order valence-corrected chi connectivity index (χ2v) is 8.77. The van der Waals surface area contributed by atoms with Crippen LogP contribution in [-0.4, -0.2) is 54.9 Å². The number of furan rings is 1. The zero-order valence-electron chi connectivity index (χ0n) is 19.0. The highest BCUT2D eigenvalue weighted by molar-refractivity contribution is 5.94. The van der Waals surface area contributed by atoms with Gasteiger partial charge in [0.1, 0.15) is 5.75 Å². The van der Waals surface area contributed by atoms with E-state index in [-0.39, 0.29) is 17.9 Å². The molecule has 1 fully saturated rings. The van der Waals surface area contributed by atoms with Gasteiger partial charge in [0, 0.05) is 31.8 Å². The van der Waals surface area contributed by atoms with Crippen LogP contribution in [0.2, 0.25) is 0 Å². The first-order chi connectivity index (χ1) is 15.6. The van der Waals surface area contributed by atoms with E-state index in [4.69, 9.17) is 9.15 Å². The Labute approximate surface area is 189 Å². The SMILES string of the molecule is COc1cccc(C[C@@H](C2CCN(C(=O)C3=CCCC3)CC2)N(C)C(=O)c2ccco2)c1.